The highest BCUT2D eigenvalue weighted by molar-refractivity contribution is 7.90. The molecule has 2 rings (SSSR count). The van der Waals surface area contributed by atoms with Gasteiger partial charge in [-0.2, -0.15) is 0 Å². The molecule has 0 bridgehead atoms. The first-order valence-corrected chi connectivity index (χ1v) is 4.66. The van der Waals surface area contributed by atoms with Crippen molar-refractivity contribution in [2.75, 3.05) is 0 Å². The van der Waals surface area contributed by atoms with Crippen LogP contribution in [-0.2, 0) is 10.8 Å². The van der Waals surface area contributed by atoms with E-state index in [9.17, 15) is 4.21 Å². The summed E-state index contributed by atoms with van der Waals surface area (Å²) in [5.41, 5.74) is 6.72. The normalized spacial score (nSPS) is 22.5. The predicted octanol–water partition coefficient (Wildman–Crippen LogP) is 1.19. The van der Waals surface area contributed by atoms with Crippen molar-refractivity contribution in [1.29, 1.82) is 0 Å². The van der Waals surface area contributed by atoms with Crippen LogP contribution in [0.3, 0.4) is 0 Å². The number of nitrogens with two attached hydrogens (primary N) is 1. The van der Waals surface area contributed by atoms with Crippen molar-refractivity contribution in [2.45, 2.75) is 22.8 Å². The molecule has 3 heteroatoms. The molecule has 1 aromatic rings. The topological polar surface area (TPSA) is 43.1 Å². The van der Waals surface area contributed by atoms with Crippen LogP contribution < -0.4 is 5.73 Å². The smallest absolute Gasteiger partial charge is 0.0874 e. The van der Waals surface area contributed by atoms with E-state index >= 15 is 0 Å². The molecule has 0 radical (unpaired) electrons. The molecular weight excluding hydrogens is 158 g/mol. The quantitative estimate of drug-likeness (QED) is 0.648. The van der Waals surface area contributed by atoms with Crippen LogP contribution in [0.5, 0.6) is 0 Å². The van der Waals surface area contributed by atoms with Crippen molar-refractivity contribution >= 4 is 10.8 Å². The zero-order valence-electron chi connectivity index (χ0n) is 6.20. The molecule has 1 aliphatic heterocycles. The molecule has 0 aromatic heterocycles. The molecule has 1 aromatic carbocycles. The Morgan fingerprint density at radius 3 is 2.73 bits per heavy atom. The lowest BCUT2D eigenvalue weighted by atomic mass is 10.1. The highest BCUT2D eigenvalue weighted by Crippen LogP contribution is 2.36. The Balaban J connectivity index is 2.44. The van der Waals surface area contributed by atoms with E-state index in [4.69, 9.17) is 5.73 Å². The zero-order chi connectivity index (χ0) is 8.01. The molecule has 0 aliphatic carbocycles. The van der Waals surface area contributed by atoms with Crippen LogP contribution in [0, 0.1) is 0 Å². The molecule has 0 amide bonds. The van der Waals surface area contributed by atoms with E-state index in [1.165, 1.54) is 0 Å². The van der Waals surface area contributed by atoms with E-state index in [0.29, 0.717) is 0 Å². The summed E-state index contributed by atoms with van der Waals surface area (Å²) >= 11 is 0. The van der Waals surface area contributed by atoms with Crippen LogP contribution in [0.1, 0.15) is 18.5 Å². The van der Waals surface area contributed by atoms with E-state index in [1.54, 1.807) is 0 Å². The van der Waals surface area contributed by atoms with Crippen molar-refractivity contribution in [3.63, 3.8) is 0 Å². The van der Waals surface area contributed by atoms with Gasteiger partial charge in [-0.25, -0.2) is 4.21 Å². The second-order valence-electron chi connectivity index (χ2n) is 2.76. The largest absolute Gasteiger partial charge is 0.324 e. The molecule has 2 atom stereocenters. The first-order valence-electron chi connectivity index (χ1n) is 3.51. The van der Waals surface area contributed by atoms with Gasteiger partial charge in [0.2, 0.25) is 0 Å². The number of fused-ring (bicyclic) bond motifs is 1. The lowest BCUT2D eigenvalue weighted by Crippen LogP contribution is -2.03. The molecule has 2 nitrogen and oxygen atoms in total. The first kappa shape index (κ1) is 7.00. The summed E-state index contributed by atoms with van der Waals surface area (Å²) in [6.07, 6.45) is 0. The second-order valence-corrected chi connectivity index (χ2v) is 4.18. The van der Waals surface area contributed by atoms with E-state index in [0.717, 1.165) is 15.4 Å². The number of benzene rings is 1. The summed E-state index contributed by atoms with van der Waals surface area (Å²) in [7, 11) is -0.797. The number of hydrogen-bond acceptors (Lipinski definition) is 2. The van der Waals surface area contributed by atoms with Gasteiger partial charge in [-0.05, 0) is 24.6 Å². The van der Waals surface area contributed by atoms with Gasteiger partial charge in [0.05, 0.1) is 20.6 Å². The summed E-state index contributed by atoms with van der Waals surface area (Å²) in [6, 6.07) is 5.80. The number of hydrogen-bond donors (Lipinski definition) is 1. The van der Waals surface area contributed by atoms with E-state index in [2.05, 4.69) is 0 Å². The second kappa shape index (κ2) is 2.16. The fourth-order valence-electron chi connectivity index (χ4n) is 1.08. The molecule has 0 saturated carbocycles. The monoisotopic (exact) mass is 167 g/mol. The Hall–Kier alpha value is -0.670. The van der Waals surface area contributed by atoms with Crippen LogP contribution in [0.25, 0.3) is 0 Å². The Morgan fingerprint density at radius 2 is 2.18 bits per heavy atom. The van der Waals surface area contributed by atoms with Crippen molar-refractivity contribution in [2.24, 2.45) is 5.73 Å². The van der Waals surface area contributed by atoms with Crippen molar-refractivity contribution in [1.82, 2.24) is 0 Å². The fourth-order valence-corrected chi connectivity index (χ4v) is 2.06. The average molecular weight is 167 g/mol. The third-order valence-corrected chi connectivity index (χ3v) is 3.14. The standard InChI is InChI=1S/C8H9NOS/c1-5(9)6-2-3-7-8(4-6)11(7)10/h2-5H,9H2,1H3. The van der Waals surface area contributed by atoms with Crippen LogP contribution >= 0.6 is 0 Å². The van der Waals surface area contributed by atoms with Gasteiger partial charge < -0.3 is 5.73 Å². The average Bonchev–Trinajstić information content (AvgIpc) is 2.62. The molecule has 0 fully saturated rings. The van der Waals surface area contributed by atoms with E-state index < -0.39 is 10.8 Å². The Morgan fingerprint density at radius 1 is 1.45 bits per heavy atom. The Bertz CT molecular complexity index is 333. The van der Waals surface area contributed by atoms with Crippen molar-refractivity contribution < 1.29 is 4.21 Å². The lowest BCUT2D eigenvalue weighted by molar-refractivity contribution is 0.692. The molecule has 0 spiro atoms. The molecule has 58 valence electrons. The maximum Gasteiger partial charge on any atom is 0.0874 e. The summed E-state index contributed by atoms with van der Waals surface area (Å²) in [5, 5.41) is 0. The fraction of sp³-hybridized carbons (Fsp3) is 0.250. The third-order valence-electron chi connectivity index (χ3n) is 1.85. The lowest BCUT2D eigenvalue weighted by Gasteiger charge is -2.01. The van der Waals surface area contributed by atoms with Gasteiger partial charge in [0, 0.05) is 6.04 Å². The van der Waals surface area contributed by atoms with Gasteiger partial charge in [-0.3, -0.25) is 0 Å². The van der Waals surface area contributed by atoms with Gasteiger partial charge >= 0.3 is 0 Å². The maximum absolute atomic E-state index is 11.0. The van der Waals surface area contributed by atoms with Gasteiger partial charge in [-0.15, -0.1) is 0 Å². The van der Waals surface area contributed by atoms with Gasteiger partial charge in [0.15, 0.2) is 0 Å². The highest BCUT2D eigenvalue weighted by Gasteiger charge is 2.28. The molecule has 11 heavy (non-hydrogen) atoms. The van der Waals surface area contributed by atoms with Crippen LogP contribution in [0.4, 0.5) is 0 Å². The Labute approximate surface area is 67.9 Å². The molecule has 1 aliphatic rings. The summed E-state index contributed by atoms with van der Waals surface area (Å²) in [4.78, 5) is 1.93. The molecule has 2 N–H and O–H groups in total. The molecule has 0 saturated heterocycles. The first-order chi connectivity index (χ1) is 5.20. The van der Waals surface area contributed by atoms with Gasteiger partial charge in [0.25, 0.3) is 0 Å². The van der Waals surface area contributed by atoms with Crippen molar-refractivity contribution in [3.05, 3.63) is 23.8 Å². The van der Waals surface area contributed by atoms with E-state index in [-0.39, 0.29) is 6.04 Å². The van der Waals surface area contributed by atoms with E-state index in [1.807, 2.05) is 25.1 Å². The molecular formula is C8H9NOS. The summed E-state index contributed by atoms with van der Waals surface area (Å²) in [6.45, 7) is 1.92. The summed E-state index contributed by atoms with van der Waals surface area (Å²) in [5.74, 6) is 0. The predicted molar refractivity (Wildman–Crippen MR) is 43.7 cm³/mol. The molecule has 2 unspecified atom stereocenters. The minimum atomic E-state index is -0.797. The number of rotatable bonds is 1. The summed E-state index contributed by atoms with van der Waals surface area (Å²) < 4.78 is 11.0. The van der Waals surface area contributed by atoms with Gasteiger partial charge in [0.1, 0.15) is 0 Å². The Kier molecular flexibility index (Phi) is 1.37. The van der Waals surface area contributed by atoms with Crippen LogP contribution in [0.2, 0.25) is 0 Å². The maximum atomic E-state index is 11.0. The molecule has 1 heterocycles. The zero-order valence-corrected chi connectivity index (χ0v) is 7.02. The van der Waals surface area contributed by atoms with Gasteiger partial charge in [-0.1, -0.05) is 6.07 Å². The minimum Gasteiger partial charge on any atom is -0.324 e. The SMILES string of the molecule is CC(N)c1ccc2c(c1)S2=O. The van der Waals surface area contributed by atoms with Crippen LogP contribution in [-0.4, -0.2) is 4.21 Å². The third kappa shape index (κ3) is 1.01. The minimum absolute atomic E-state index is 0.0397. The van der Waals surface area contributed by atoms with Crippen LogP contribution in [0.15, 0.2) is 28.0 Å². The highest BCUT2D eigenvalue weighted by atomic mass is 32.2. The van der Waals surface area contributed by atoms with Crippen molar-refractivity contribution in [3.8, 4) is 0 Å².